The number of hydrogen-bond donors (Lipinski definition) is 0. The Bertz CT molecular complexity index is 607. The summed E-state index contributed by atoms with van der Waals surface area (Å²) in [5, 5.41) is 4.35. The number of carbonyl (C=O) groups excluding carboxylic acids is 1. The lowest BCUT2D eigenvalue weighted by Crippen LogP contribution is -2.36. The normalized spacial score (nSPS) is 36.1. The van der Waals surface area contributed by atoms with Crippen LogP contribution in [0.5, 0.6) is 5.75 Å². The second-order valence-corrected chi connectivity index (χ2v) is 6.41. The highest BCUT2D eigenvalue weighted by Gasteiger charge is 2.59. The largest absolute Gasteiger partial charge is 0.497 e. The second-order valence-electron chi connectivity index (χ2n) is 6.41. The standard InChI is InChI=1S/C17H19NO3/c1-9(19)13-7-11-8-14(13)17-15(11)16(18-21-17)10-3-5-12(20-2)6-4-10/h3-6,11,13-15,17H,7-8H2,1-2H3/t11-,13-,14+,15-,17-/m1/s1. The molecule has 1 heterocycles. The first-order valence-corrected chi connectivity index (χ1v) is 7.57. The van der Waals surface area contributed by atoms with E-state index in [1.807, 2.05) is 24.3 Å². The Morgan fingerprint density at radius 3 is 2.71 bits per heavy atom. The van der Waals surface area contributed by atoms with Crippen molar-refractivity contribution in [1.82, 2.24) is 0 Å². The first kappa shape index (κ1) is 12.9. The van der Waals surface area contributed by atoms with Crippen molar-refractivity contribution in [2.24, 2.45) is 28.8 Å². The molecule has 2 fully saturated rings. The number of oxime groups is 1. The molecule has 5 atom stereocenters. The number of hydrogen-bond acceptors (Lipinski definition) is 4. The minimum Gasteiger partial charge on any atom is -0.497 e. The highest BCUT2D eigenvalue weighted by atomic mass is 16.6. The molecule has 0 aromatic heterocycles. The summed E-state index contributed by atoms with van der Waals surface area (Å²) in [6.45, 7) is 1.71. The number of ether oxygens (including phenoxy) is 1. The zero-order valence-corrected chi connectivity index (χ0v) is 12.3. The van der Waals surface area contributed by atoms with Gasteiger partial charge < -0.3 is 9.57 Å². The van der Waals surface area contributed by atoms with Crippen molar-refractivity contribution in [2.75, 3.05) is 7.11 Å². The van der Waals surface area contributed by atoms with Gasteiger partial charge in [-0.25, -0.2) is 0 Å². The third kappa shape index (κ3) is 1.81. The van der Waals surface area contributed by atoms with Crippen molar-refractivity contribution in [3.8, 4) is 5.75 Å². The molecule has 4 heteroatoms. The van der Waals surface area contributed by atoms with E-state index in [1.54, 1.807) is 14.0 Å². The van der Waals surface area contributed by atoms with Gasteiger partial charge in [-0.2, -0.15) is 0 Å². The molecule has 0 N–H and O–H groups in total. The predicted molar refractivity (Wildman–Crippen MR) is 78.3 cm³/mol. The van der Waals surface area contributed by atoms with Gasteiger partial charge in [0.2, 0.25) is 0 Å². The van der Waals surface area contributed by atoms with Crippen molar-refractivity contribution in [1.29, 1.82) is 0 Å². The maximum absolute atomic E-state index is 11.7. The molecule has 3 aliphatic rings. The van der Waals surface area contributed by atoms with Crippen LogP contribution in [0.2, 0.25) is 0 Å². The number of rotatable bonds is 3. The topological polar surface area (TPSA) is 47.9 Å². The summed E-state index contributed by atoms with van der Waals surface area (Å²) in [6.07, 6.45) is 2.21. The molecular weight excluding hydrogens is 266 g/mol. The van der Waals surface area contributed by atoms with Gasteiger partial charge >= 0.3 is 0 Å². The summed E-state index contributed by atoms with van der Waals surface area (Å²) in [6, 6.07) is 7.99. The molecule has 4 rings (SSSR count). The van der Waals surface area contributed by atoms with Crippen molar-refractivity contribution >= 4 is 11.5 Å². The minimum absolute atomic E-state index is 0.106. The number of methoxy groups -OCH3 is 1. The van der Waals surface area contributed by atoms with Crippen molar-refractivity contribution in [2.45, 2.75) is 25.9 Å². The van der Waals surface area contributed by atoms with E-state index in [0.717, 1.165) is 29.9 Å². The number of carbonyl (C=O) groups is 1. The zero-order valence-electron chi connectivity index (χ0n) is 12.3. The van der Waals surface area contributed by atoms with E-state index in [2.05, 4.69) is 5.16 Å². The predicted octanol–water partition coefficient (Wildman–Crippen LogP) is 2.66. The number of ketones is 1. The molecule has 4 nitrogen and oxygen atoms in total. The van der Waals surface area contributed by atoms with E-state index < -0.39 is 0 Å². The highest BCUT2D eigenvalue weighted by molar-refractivity contribution is 6.03. The van der Waals surface area contributed by atoms with Crippen LogP contribution >= 0.6 is 0 Å². The monoisotopic (exact) mass is 285 g/mol. The summed E-state index contributed by atoms with van der Waals surface area (Å²) in [5.41, 5.74) is 2.16. The Balaban J connectivity index is 1.59. The number of benzene rings is 1. The molecule has 110 valence electrons. The maximum atomic E-state index is 11.7. The van der Waals surface area contributed by atoms with Crippen molar-refractivity contribution in [3.63, 3.8) is 0 Å². The van der Waals surface area contributed by atoms with Crippen LogP contribution in [-0.2, 0) is 9.63 Å². The van der Waals surface area contributed by atoms with Gasteiger partial charge in [0.15, 0.2) is 0 Å². The molecule has 2 bridgehead atoms. The van der Waals surface area contributed by atoms with Crippen LogP contribution in [0.25, 0.3) is 0 Å². The van der Waals surface area contributed by atoms with E-state index in [9.17, 15) is 4.79 Å². The Morgan fingerprint density at radius 1 is 1.29 bits per heavy atom. The van der Waals surface area contributed by atoms with Gasteiger partial charge in [-0.05, 0) is 49.9 Å². The molecule has 0 saturated heterocycles. The quantitative estimate of drug-likeness (QED) is 0.858. The van der Waals surface area contributed by atoms with Gasteiger partial charge in [0.1, 0.15) is 17.6 Å². The number of fused-ring (bicyclic) bond motifs is 5. The first-order chi connectivity index (χ1) is 10.2. The maximum Gasteiger partial charge on any atom is 0.139 e. The zero-order chi connectivity index (χ0) is 14.6. The van der Waals surface area contributed by atoms with Gasteiger partial charge in [-0.1, -0.05) is 5.16 Å². The number of Topliss-reactive ketones (excluding diaryl/α,β-unsaturated/α-hetero) is 1. The fraction of sp³-hybridized carbons (Fsp3) is 0.529. The molecule has 2 saturated carbocycles. The molecule has 2 aliphatic carbocycles. The van der Waals surface area contributed by atoms with Crippen LogP contribution in [0.15, 0.2) is 29.4 Å². The van der Waals surface area contributed by atoms with Gasteiger partial charge in [-0.3, -0.25) is 4.79 Å². The highest BCUT2D eigenvalue weighted by Crippen LogP contribution is 2.56. The van der Waals surface area contributed by atoms with Gasteiger partial charge in [-0.15, -0.1) is 0 Å². The van der Waals surface area contributed by atoms with Crippen LogP contribution < -0.4 is 4.74 Å². The van der Waals surface area contributed by atoms with E-state index in [-0.39, 0.29) is 12.0 Å². The van der Waals surface area contributed by atoms with Crippen LogP contribution in [-0.4, -0.2) is 24.7 Å². The van der Waals surface area contributed by atoms with E-state index in [1.165, 1.54) is 0 Å². The summed E-state index contributed by atoms with van der Waals surface area (Å²) < 4.78 is 5.20. The lowest BCUT2D eigenvalue weighted by molar-refractivity contribution is -0.124. The third-order valence-corrected chi connectivity index (χ3v) is 5.43. The van der Waals surface area contributed by atoms with Crippen LogP contribution in [0.1, 0.15) is 25.3 Å². The summed E-state index contributed by atoms with van der Waals surface area (Å²) >= 11 is 0. The lowest BCUT2D eigenvalue weighted by atomic mass is 9.75. The van der Waals surface area contributed by atoms with Crippen molar-refractivity contribution in [3.05, 3.63) is 29.8 Å². The molecule has 1 aromatic rings. The van der Waals surface area contributed by atoms with E-state index in [4.69, 9.17) is 9.57 Å². The molecule has 21 heavy (non-hydrogen) atoms. The Kier molecular flexibility index (Phi) is 2.81. The van der Waals surface area contributed by atoms with Crippen LogP contribution in [0.4, 0.5) is 0 Å². The molecular formula is C17H19NO3. The van der Waals surface area contributed by atoms with E-state index in [0.29, 0.717) is 23.5 Å². The molecule has 0 spiro atoms. The van der Waals surface area contributed by atoms with Gasteiger partial charge in [0.05, 0.1) is 12.8 Å². The number of nitrogens with zero attached hydrogens (tertiary/aromatic N) is 1. The minimum atomic E-state index is 0.106. The average Bonchev–Trinajstić information content (AvgIpc) is 3.18. The first-order valence-electron chi connectivity index (χ1n) is 7.57. The van der Waals surface area contributed by atoms with Gasteiger partial charge in [0.25, 0.3) is 0 Å². The summed E-state index contributed by atoms with van der Waals surface area (Å²) in [4.78, 5) is 17.5. The molecule has 1 aliphatic heterocycles. The third-order valence-electron chi connectivity index (χ3n) is 5.43. The Labute approximate surface area is 124 Å². The summed E-state index contributed by atoms with van der Waals surface area (Å²) in [5.74, 6) is 2.59. The molecule has 0 radical (unpaired) electrons. The fourth-order valence-corrected chi connectivity index (χ4v) is 4.48. The Morgan fingerprint density at radius 2 is 2.05 bits per heavy atom. The van der Waals surface area contributed by atoms with Gasteiger partial charge in [0, 0.05) is 23.3 Å². The lowest BCUT2D eigenvalue weighted by Gasteiger charge is -2.28. The smallest absolute Gasteiger partial charge is 0.139 e. The van der Waals surface area contributed by atoms with Crippen molar-refractivity contribution < 1.29 is 14.4 Å². The van der Waals surface area contributed by atoms with Crippen LogP contribution in [0.3, 0.4) is 0 Å². The molecule has 0 amide bonds. The van der Waals surface area contributed by atoms with E-state index >= 15 is 0 Å². The van der Waals surface area contributed by atoms with Crippen LogP contribution in [0, 0.1) is 23.7 Å². The second kappa shape index (κ2) is 4.58. The molecule has 0 unspecified atom stereocenters. The fourth-order valence-electron chi connectivity index (χ4n) is 4.48. The SMILES string of the molecule is COc1ccc(C2=NO[C@@H]3[C@H]4C[C@@H](C[C@@H]4C(C)=O)[C@H]23)cc1. The summed E-state index contributed by atoms with van der Waals surface area (Å²) in [7, 11) is 1.67. The Hall–Kier alpha value is -1.84. The molecule has 1 aromatic carbocycles. The average molecular weight is 285 g/mol.